The van der Waals surface area contributed by atoms with Crippen molar-refractivity contribution in [3.05, 3.63) is 29.3 Å². The molecule has 1 aromatic rings. The maximum absolute atomic E-state index is 11.4. The lowest BCUT2D eigenvalue weighted by Gasteiger charge is -2.17. The largest absolute Gasteiger partial charge is 0.481 e. The van der Waals surface area contributed by atoms with Gasteiger partial charge in [-0.15, -0.1) is 0 Å². The lowest BCUT2D eigenvalue weighted by atomic mass is 9.99. The van der Waals surface area contributed by atoms with Crippen molar-refractivity contribution in [1.29, 1.82) is 0 Å². The zero-order chi connectivity index (χ0) is 14.6. The molecule has 0 saturated carbocycles. The van der Waals surface area contributed by atoms with Crippen LogP contribution in [0.4, 0.5) is 5.69 Å². The van der Waals surface area contributed by atoms with E-state index in [1.807, 2.05) is 0 Å². The van der Waals surface area contributed by atoms with Crippen LogP contribution in [-0.2, 0) is 9.53 Å². The van der Waals surface area contributed by atoms with Crippen molar-refractivity contribution in [2.24, 2.45) is 0 Å². The summed E-state index contributed by atoms with van der Waals surface area (Å²) >= 11 is 0. The van der Waals surface area contributed by atoms with E-state index in [2.05, 4.69) is 4.74 Å². The number of hydrogen-bond donors (Lipinski definition) is 4. The van der Waals surface area contributed by atoms with E-state index in [1.54, 1.807) is 0 Å². The molecule has 0 aliphatic carbocycles. The second-order valence-electron chi connectivity index (χ2n) is 3.99. The van der Waals surface area contributed by atoms with Crippen LogP contribution >= 0.6 is 0 Å². The van der Waals surface area contributed by atoms with Crippen molar-refractivity contribution in [3.8, 4) is 0 Å². The SMILES string of the molecule is COC(=O)c1cc(N)cc(C(O)C(O)CC(=O)O)c1. The molecule has 2 unspecified atom stereocenters. The van der Waals surface area contributed by atoms with Crippen LogP contribution in [0.3, 0.4) is 0 Å². The number of ether oxygens (including phenoxy) is 1. The third-order valence-electron chi connectivity index (χ3n) is 2.49. The highest BCUT2D eigenvalue weighted by Gasteiger charge is 2.22. The molecule has 0 amide bonds. The summed E-state index contributed by atoms with van der Waals surface area (Å²) in [5.74, 6) is -1.89. The van der Waals surface area contributed by atoms with Crippen LogP contribution in [0.15, 0.2) is 18.2 Å². The smallest absolute Gasteiger partial charge is 0.337 e. The average Bonchev–Trinajstić information content (AvgIpc) is 2.35. The second kappa shape index (κ2) is 6.17. The quantitative estimate of drug-likeness (QED) is 0.434. The number of aliphatic hydroxyl groups excluding tert-OH is 2. The number of aliphatic carboxylic acids is 1. The number of carboxylic acids is 1. The molecule has 0 bridgehead atoms. The molecular weight excluding hydrogens is 254 g/mol. The normalized spacial score (nSPS) is 13.6. The van der Waals surface area contributed by atoms with Gasteiger partial charge in [0.05, 0.1) is 25.2 Å². The fraction of sp³-hybridized carbons (Fsp3) is 0.333. The lowest BCUT2D eigenvalue weighted by Crippen LogP contribution is -2.22. The van der Waals surface area contributed by atoms with Gasteiger partial charge in [-0.25, -0.2) is 4.79 Å². The highest BCUT2D eigenvalue weighted by molar-refractivity contribution is 5.90. The van der Waals surface area contributed by atoms with Crippen molar-refractivity contribution in [2.45, 2.75) is 18.6 Å². The summed E-state index contributed by atoms with van der Waals surface area (Å²) in [5, 5.41) is 27.9. The zero-order valence-corrected chi connectivity index (χ0v) is 10.2. The number of benzene rings is 1. The molecule has 0 heterocycles. The third-order valence-corrected chi connectivity index (χ3v) is 2.49. The predicted octanol–water partition coefficient (Wildman–Crippen LogP) is -0.0756. The Labute approximate surface area is 109 Å². The summed E-state index contributed by atoms with van der Waals surface area (Å²) in [6.45, 7) is 0. The molecule has 0 spiro atoms. The van der Waals surface area contributed by atoms with Crippen molar-refractivity contribution >= 4 is 17.6 Å². The highest BCUT2D eigenvalue weighted by atomic mass is 16.5. The van der Waals surface area contributed by atoms with Gasteiger partial charge in [-0.05, 0) is 23.8 Å². The number of aliphatic hydroxyl groups is 2. The van der Waals surface area contributed by atoms with E-state index >= 15 is 0 Å². The number of methoxy groups -OCH3 is 1. The van der Waals surface area contributed by atoms with Crippen LogP contribution in [-0.4, -0.2) is 40.5 Å². The molecule has 7 nitrogen and oxygen atoms in total. The molecule has 104 valence electrons. The molecule has 0 fully saturated rings. The molecule has 0 saturated heterocycles. The van der Waals surface area contributed by atoms with Crippen LogP contribution < -0.4 is 5.73 Å². The van der Waals surface area contributed by atoms with Crippen molar-refractivity contribution in [3.63, 3.8) is 0 Å². The molecular formula is C12H15NO6. The van der Waals surface area contributed by atoms with Gasteiger partial charge in [0, 0.05) is 5.69 Å². The van der Waals surface area contributed by atoms with Crippen LogP contribution in [0.1, 0.15) is 28.4 Å². The van der Waals surface area contributed by atoms with Gasteiger partial charge in [-0.2, -0.15) is 0 Å². The standard InChI is InChI=1S/C12H15NO6/c1-19-12(18)7-2-6(3-8(13)4-7)11(17)9(14)5-10(15)16/h2-4,9,11,14,17H,5,13H2,1H3,(H,15,16). The Morgan fingerprint density at radius 3 is 2.47 bits per heavy atom. The highest BCUT2D eigenvalue weighted by Crippen LogP contribution is 2.23. The Hall–Kier alpha value is -2.12. The molecule has 2 atom stereocenters. The molecule has 1 rings (SSSR count). The van der Waals surface area contributed by atoms with E-state index in [1.165, 1.54) is 25.3 Å². The number of nitrogens with two attached hydrogens (primary N) is 1. The van der Waals surface area contributed by atoms with Gasteiger partial charge < -0.3 is 25.8 Å². The number of carbonyl (C=O) groups is 2. The van der Waals surface area contributed by atoms with Crippen LogP contribution in [0.5, 0.6) is 0 Å². The van der Waals surface area contributed by atoms with Gasteiger partial charge in [0.25, 0.3) is 0 Å². The predicted molar refractivity (Wildman–Crippen MR) is 65.4 cm³/mol. The molecule has 1 aromatic carbocycles. The van der Waals surface area contributed by atoms with Crippen molar-refractivity contribution < 1.29 is 29.6 Å². The topological polar surface area (TPSA) is 130 Å². The molecule has 7 heteroatoms. The van der Waals surface area contributed by atoms with Gasteiger partial charge in [0.15, 0.2) is 0 Å². The first-order chi connectivity index (χ1) is 8.85. The van der Waals surface area contributed by atoms with Crippen LogP contribution in [0, 0.1) is 0 Å². The second-order valence-corrected chi connectivity index (χ2v) is 3.99. The summed E-state index contributed by atoms with van der Waals surface area (Å²) in [6, 6.07) is 3.99. The summed E-state index contributed by atoms with van der Waals surface area (Å²) in [6.07, 6.45) is -3.57. The number of anilines is 1. The Morgan fingerprint density at radius 1 is 1.32 bits per heavy atom. The van der Waals surface area contributed by atoms with E-state index in [4.69, 9.17) is 10.8 Å². The van der Waals surface area contributed by atoms with Crippen LogP contribution in [0.2, 0.25) is 0 Å². The molecule has 0 aliphatic heterocycles. The minimum atomic E-state index is -1.50. The fourth-order valence-electron chi connectivity index (χ4n) is 1.60. The summed E-state index contributed by atoms with van der Waals surface area (Å²) in [7, 11) is 1.20. The van der Waals surface area contributed by atoms with E-state index < -0.39 is 30.6 Å². The summed E-state index contributed by atoms with van der Waals surface area (Å²) in [5.41, 5.74) is 6.03. The van der Waals surface area contributed by atoms with Gasteiger partial charge in [0.1, 0.15) is 6.10 Å². The van der Waals surface area contributed by atoms with Gasteiger partial charge >= 0.3 is 11.9 Å². The number of hydrogen-bond acceptors (Lipinski definition) is 6. The molecule has 19 heavy (non-hydrogen) atoms. The first-order valence-corrected chi connectivity index (χ1v) is 5.42. The summed E-state index contributed by atoms with van der Waals surface area (Å²) in [4.78, 5) is 21.8. The van der Waals surface area contributed by atoms with Crippen molar-refractivity contribution in [1.82, 2.24) is 0 Å². The number of esters is 1. The number of carbonyl (C=O) groups excluding carboxylic acids is 1. The van der Waals surface area contributed by atoms with Gasteiger partial charge in [-0.1, -0.05) is 0 Å². The molecule has 0 radical (unpaired) electrons. The third kappa shape index (κ3) is 3.94. The Morgan fingerprint density at radius 2 is 1.95 bits per heavy atom. The minimum Gasteiger partial charge on any atom is -0.481 e. The van der Waals surface area contributed by atoms with Crippen molar-refractivity contribution in [2.75, 3.05) is 12.8 Å². The summed E-state index contributed by atoms with van der Waals surface area (Å²) < 4.78 is 4.52. The monoisotopic (exact) mass is 269 g/mol. The van der Waals surface area contributed by atoms with E-state index in [0.717, 1.165) is 0 Å². The first-order valence-electron chi connectivity index (χ1n) is 5.42. The van der Waals surface area contributed by atoms with Crippen LogP contribution in [0.25, 0.3) is 0 Å². The van der Waals surface area contributed by atoms with E-state index in [9.17, 15) is 19.8 Å². The number of carboxylic acid groups (broad SMARTS) is 1. The molecule has 0 aliphatic rings. The first kappa shape index (κ1) is 14.9. The maximum atomic E-state index is 11.4. The van der Waals surface area contributed by atoms with E-state index in [0.29, 0.717) is 0 Å². The number of nitrogen functional groups attached to an aromatic ring is 1. The number of rotatable bonds is 5. The van der Waals surface area contributed by atoms with Gasteiger partial charge in [0.2, 0.25) is 0 Å². The fourth-order valence-corrected chi connectivity index (χ4v) is 1.60. The Balaban J connectivity index is 3.02. The van der Waals surface area contributed by atoms with E-state index in [-0.39, 0.29) is 16.8 Å². The molecule has 5 N–H and O–H groups in total. The minimum absolute atomic E-state index is 0.110. The van der Waals surface area contributed by atoms with Gasteiger partial charge in [-0.3, -0.25) is 4.79 Å². The lowest BCUT2D eigenvalue weighted by molar-refractivity contribution is -0.141. The average molecular weight is 269 g/mol. The maximum Gasteiger partial charge on any atom is 0.337 e. The molecule has 0 aromatic heterocycles. The Bertz CT molecular complexity index is 487. The Kier molecular flexibility index (Phi) is 4.85. The zero-order valence-electron chi connectivity index (χ0n) is 10.2.